The molecule has 0 saturated carbocycles. The van der Waals surface area contributed by atoms with Crippen molar-refractivity contribution in [3.63, 3.8) is 0 Å². The number of nitrogens with two attached hydrogens (primary N) is 1. The summed E-state index contributed by atoms with van der Waals surface area (Å²) < 4.78 is 0. The smallest absolute Gasteiger partial charge is 0.152 e. The quantitative estimate of drug-likeness (QED) is 0.760. The van der Waals surface area contributed by atoms with Crippen molar-refractivity contribution in [2.45, 2.75) is 31.9 Å². The molecule has 4 heteroatoms. The minimum absolute atomic E-state index is 0.155. The van der Waals surface area contributed by atoms with Crippen molar-refractivity contribution in [1.82, 2.24) is 4.98 Å². The van der Waals surface area contributed by atoms with Gasteiger partial charge in [-0.25, -0.2) is 4.98 Å². The summed E-state index contributed by atoms with van der Waals surface area (Å²) in [5.41, 5.74) is 6.56. The van der Waals surface area contributed by atoms with Crippen LogP contribution in [0.2, 0.25) is 0 Å². The Hall–Kier alpha value is -1.29. The van der Waals surface area contributed by atoms with E-state index >= 15 is 0 Å². The van der Waals surface area contributed by atoms with Crippen molar-refractivity contribution < 1.29 is 5.11 Å². The number of hydrogen-bond acceptors (Lipinski definition) is 4. The first-order chi connectivity index (χ1) is 7.20. The number of nitrogen functional groups attached to an aromatic ring is 1. The monoisotopic (exact) mass is 207 g/mol. The Kier molecular flexibility index (Phi) is 2.77. The fraction of sp³-hybridized carbons (Fsp3) is 0.545. The molecule has 2 heterocycles. The van der Waals surface area contributed by atoms with E-state index in [9.17, 15) is 5.11 Å². The SMILES string of the molecule is C[C@@H](O)[C@@H]1CCCN1c1ncccc1N. The molecule has 3 N–H and O–H groups in total. The molecule has 0 amide bonds. The van der Waals surface area contributed by atoms with Crippen LogP contribution in [0, 0.1) is 0 Å². The minimum Gasteiger partial charge on any atom is -0.396 e. The maximum absolute atomic E-state index is 9.66. The summed E-state index contributed by atoms with van der Waals surface area (Å²) in [5.74, 6) is 0.806. The number of hydrogen-bond donors (Lipinski definition) is 2. The van der Waals surface area contributed by atoms with Gasteiger partial charge in [0.25, 0.3) is 0 Å². The van der Waals surface area contributed by atoms with Crippen LogP contribution in [0.4, 0.5) is 11.5 Å². The lowest BCUT2D eigenvalue weighted by atomic mass is 10.1. The molecule has 0 unspecified atom stereocenters. The highest BCUT2D eigenvalue weighted by Gasteiger charge is 2.29. The van der Waals surface area contributed by atoms with E-state index in [1.54, 1.807) is 6.20 Å². The van der Waals surface area contributed by atoms with Crippen LogP contribution < -0.4 is 10.6 Å². The number of anilines is 2. The van der Waals surface area contributed by atoms with Crippen molar-refractivity contribution >= 4 is 11.5 Å². The van der Waals surface area contributed by atoms with E-state index in [1.807, 2.05) is 19.1 Å². The lowest BCUT2D eigenvalue weighted by Crippen LogP contribution is -2.38. The van der Waals surface area contributed by atoms with E-state index in [0.717, 1.165) is 25.2 Å². The molecule has 1 saturated heterocycles. The van der Waals surface area contributed by atoms with Crippen molar-refractivity contribution in [3.8, 4) is 0 Å². The van der Waals surface area contributed by atoms with Crippen LogP contribution in [-0.4, -0.2) is 28.8 Å². The van der Waals surface area contributed by atoms with Gasteiger partial charge in [0.15, 0.2) is 5.82 Å². The Morgan fingerprint density at radius 1 is 1.67 bits per heavy atom. The molecule has 4 nitrogen and oxygen atoms in total. The van der Waals surface area contributed by atoms with E-state index in [1.165, 1.54) is 0 Å². The second kappa shape index (κ2) is 4.06. The van der Waals surface area contributed by atoms with Crippen LogP contribution in [0.25, 0.3) is 0 Å². The van der Waals surface area contributed by atoms with Crippen LogP contribution in [0.1, 0.15) is 19.8 Å². The zero-order valence-corrected chi connectivity index (χ0v) is 8.93. The van der Waals surface area contributed by atoms with E-state index in [4.69, 9.17) is 5.73 Å². The Morgan fingerprint density at radius 2 is 2.47 bits per heavy atom. The van der Waals surface area contributed by atoms with Gasteiger partial charge in [-0.05, 0) is 31.9 Å². The Labute approximate surface area is 89.7 Å². The van der Waals surface area contributed by atoms with Crippen molar-refractivity contribution in [1.29, 1.82) is 0 Å². The van der Waals surface area contributed by atoms with Gasteiger partial charge in [0, 0.05) is 12.7 Å². The second-order valence-electron chi connectivity index (χ2n) is 4.06. The average molecular weight is 207 g/mol. The summed E-state index contributed by atoms with van der Waals surface area (Å²) in [5, 5.41) is 9.66. The van der Waals surface area contributed by atoms with E-state index < -0.39 is 0 Å². The van der Waals surface area contributed by atoms with Crippen molar-refractivity contribution in [2.75, 3.05) is 17.2 Å². The Morgan fingerprint density at radius 3 is 3.13 bits per heavy atom. The molecule has 0 aliphatic carbocycles. The van der Waals surface area contributed by atoms with E-state index in [0.29, 0.717) is 5.69 Å². The minimum atomic E-state index is -0.339. The lowest BCUT2D eigenvalue weighted by molar-refractivity contribution is 0.164. The van der Waals surface area contributed by atoms with Gasteiger partial charge < -0.3 is 15.7 Å². The molecule has 0 aromatic carbocycles. The summed E-state index contributed by atoms with van der Waals surface area (Å²) in [6.07, 6.45) is 3.50. The van der Waals surface area contributed by atoms with Gasteiger partial charge >= 0.3 is 0 Å². The Balaban J connectivity index is 2.27. The Bertz CT molecular complexity index is 340. The molecule has 0 spiro atoms. The van der Waals surface area contributed by atoms with Gasteiger partial charge in [0.1, 0.15) is 0 Å². The third-order valence-corrected chi connectivity index (χ3v) is 2.95. The summed E-state index contributed by atoms with van der Waals surface area (Å²) >= 11 is 0. The molecule has 1 aliphatic rings. The largest absolute Gasteiger partial charge is 0.396 e. The zero-order valence-electron chi connectivity index (χ0n) is 8.93. The van der Waals surface area contributed by atoms with Gasteiger partial charge in [-0.1, -0.05) is 0 Å². The van der Waals surface area contributed by atoms with Gasteiger partial charge in [-0.3, -0.25) is 0 Å². The molecule has 0 radical (unpaired) electrons. The second-order valence-corrected chi connectivity index (χ2v) is 4.06. The summed E-state index contributed by atoms with van der Waals surface area (Å²) in [4.78, 5) is 6.39. The van der Waals surface area contributed by atoms with Crippen LogP contribution in [0.3, 0.4) is 0 Å². The standard InChI is InChI=1S/C11H17N3O/c1-8(15)10-5-3-7-14(10)11-9(12)4-2-6-13-11/h2,4,6,8,10,15H,3,5,7,12H2,1H3/t8-,10+/m1/s1. The molecular formula is C11H17N3O. The van der Waals surface area contributed by atoms with Crippen LogP contribution in [-0.2, 0) is 0 Å². The summed E-state index contributed by atoms with van der Waals surface area (Å²) in [7, 11) is 0. The van der Waals surface area contributed by atoms with Gasteiger partial charge in [0.2, 0.25) is 0 Å². The number of nitrogens with zero attached hydrogens (tertiary/aromatic N) is 2. The number of aliphatic hydroxyl groups excluding tert-OH is 1. The molecule has 1 aliphatic heterocycles. The molecule has 1 aromatic heterocycles. The van der Waals surface area contributed by atoms with Crippen LogP contribution in [0.15, 0.2) is 18.3 Å². The lowest BCUT2D eigenvalue weighted by Gasteiger charge is -2.28. The number of pyridine rings is 1. The van der Waals surface area contributed by atoms with E-state index in [2.05, 4.69) is 9.88 Å². The first-order valence-corrected chi connectivity index (χ1v) is 5.35. The van der Waals surface area contributed by atoms with Gasteiger partial charge in [0.05, 0.1) is 17.8 Å². The normalized spacial score (nSPS) is 23.1. The molecular weight excluding hydrogens is 190 g/mol. The number of aliphatic hydroxyl groups is 1. The predicted octanol–water partition coefficient (Wildman–Crippen LogP) is 1.01. The molecule has 0 bridgehead atoms. The third kappa shape index (κ3) is 1.90. The van der Waals surface area contributed by atoms with Crippen LogP contribution in [0.5, 0.6) is 0 Å². The third-order valence-electron chi connectivity index (χ3n) is 2.95. The highest BCUT2D eigenvalue weighted by molar-refractivity contribution is 5.63. The zero-order chi connectivity index (χ0) is 10.8. The number of aromatic nitrogens is 1. The summed E-state index contributed by atoms with van der Waals surface area (Å²) in [6, 6.07) is 3.83. The maximum atomic E-state index is 9.66. The molecule has 15 heavy (non-hydrogen) atoms. The fourth-order valence-electron chi connectivity index (χ4n) is 2.21. The predicted molar refractivity (Wildman–Crippen MR) is 60.7 cm³/mol. The maximum Gasteiger partial charge on any atom is 0.152 e. The molecule has 1 aromatic rings. The first-order valence-electron chi connectivity index (χ1n) is 5.35. The van der Waals surface area contributed by atoms with Gasteiger partial charge in [-0.15, -0.1) is 0 Å². The van der Waals surface area contributed by atoms with E-state index in [-0.39, 0.29) is 12.1 Å². The van der Waals surface area contributed by atoms with Gasteiger partial charge in [-0.2, -0.15) is 0 Å². The van der Waals surface area contributed by atoms with Crippen molar-refractivity contribution in [3.05, 3.63) is 18.3 Å². The molecule has 2 rings (SSSR count). The average Bonchev–Trinajstić information content (AvgIpc) is 2.67. The molecule has 82 valence electrons. The topological polar surface area (TPSA) is 62.4 Å². The molecule has 1 fully saturated rings. The van der Waals surface area contributed by atoms with Crippen molar-refractivity contribution in [2.24, 2.45) is 0 Å². The molecule has 2 atom stereocenters. The van der Waals surface area contributed by atoms with Crippen LogP contribution >= 0.6 is 0 Å². The first kappa shape index (κ1) is 10.2. The summed E-state index contributed by atoms with van der Waals surface area (Å²) in [6.45, 7) is 2.75. The fourth-order valence-corrected chi connectivity index (χ4v) is 2.21. The highest BCUT2D eigenvalue weighted by atomic mass is 16.3. The number of rotatable bonds is 2. The highest BCUT2D eigenvalue weighted by Crippen LogP contribution is 2.29.